The predicted molar refractivity (Wildman–Crippen MR) is 75.8 cm³/mol. The summed E-state index contributed by atoms with van der Waals surface area (Å²) >= 11 is 5.76. The van der Waals surface area contributed by atoms with Crippen molar-refractivity contribution in [3.63, 3.8) is 0 Å². The molecule has 1 aromatic rings. The quantitative estimate of drug-likeness (QED) is 0.724. The molecule has 5 nitrogen and oxygen atoms in total. The number of hydrogen-bond acceptors (Lipinski definition) is 4. The number of hydrogen-bond donors (Lipinski definition) is 0. The van der Waals surface area contributed by atoms with Crippen molar-refractivity contribution in [2.45, 2.75) is 13.3 Å². The van der Waals surface area contributed by atoms with Gasteiger partial charge in [0.15, 0.2) is 6.61 Å². The van der Waals surface area contributed by atoms with Gasteiger partial charge in [0.2, 0.25) is 0 Å². The van der Waals surface area contributed by atoms with E-state index in [0.717, 1.165) is 0 Å². The molecule has 0 unspecified atom stereocenters. The van der Waals surface area contributed by atoms with Crippen LogP contribution in [-0.2, 0) is 14.3 Å². The molecule has 0 bridgehead atoms. The Kier molecular flexibility index (Phi) is 6.87. The zero-order chi connectivity index (χ0) is 15.0. The number of ether oxygens (including phenoxy) is 2. The predicted octanol–water partition coefficient (Wildman–Crippen LogP) is 2.13. The van der Waals surface area contributed by atoms with E-state index in [-0.39, 0.29) is 24.9 Å². The fourth-order valence-electron chi connectivity index (χ4n) is 1.55. The summed E-state index contributed by atoms with van der Waals surface area (Å²) in [6.07, 6.45) is 0.178. The minimum Gasteiger partial charge on any atom is -0.484 e. The van der Waals surface area contributed by atoms with Gasteiger partial charge < -0.3 is 14.4 Å². The van der Waals surface area contributed by atoms with Crippen molar-refractivity contribution in [1.82, 2.24) is 4.90 Å². The molecule has 110 valence electrons. The minimum atomic E-state index is -0.338. The molecule has 0 radical (unpaired) electrons. The van der Waals surface area contributed by atoms with Gasteiger partial charge >= 0.3 is 5.97 Å². The van der Waals surface area contributed by atoms with Crippen LogP contribution in [0.3, 0.4) is 0 Å². The summed E-state index contributed by atoms with van der Waals surface area (Å²) in [6, 6.07) is 6.77. The number of carbonyl (C=O) groups is 2. The largest absolute Gasteiger partial charge is 0.484 e. The van der Waals surface area contributed by atoms with Crippen LogP contribution in [0.4, 0.5) is 0 Å². The molecule has 0 aliphatic carbocycles. The van der Waals surface area contributed by atoms with Crippen molar-refractivity contribution in [3.05, 3.63) is 29.3 Å². The highest BCUT2D eigenvalue weighted by Gasteiger charge is 2.14. The Balaban J connectivity index is 2.42. The highest BCUT2D eigenvalue weighted by Crippen LogP contribution is 2.15. The number of rotatable bonds is 7. The number of benzene rings is 1. The third-order valence-corrected chi connectivity index (χ3v) is 2.98. The zero-order valence-corrected chi connectivity index (χ0v) is 12.4. The van der Waals surface area contributed by atoms with Crippen molar-refractivity contribution in [2.75, 3.05) is 26.8 Å². The standard InChI is InChI=1S/C14H18ClNO4/c1-3-16(9-8-14(18)19-2)13(17)10-20-12-6-4-11(15)5-7-12/h4-7H,3,8-10H2,1-2H3. The van der Waals surface area contributed by atoms with Crippen LogP contribution in [0.1, 0.15) is 13.3 Å². The smallest absolute Gasteiger partial charge is 0.307 e. The van der Waals surface area contributed by atoms with E-state index in [1.165, 1.54) is 7.11 Å². The lowest BCUT2D eigenvalue weighted by Gasteiger charge is -2.20. The number of halogens is 1. The highest BCUT2D eigenvalue weighted by molar-refractivity contribution is 6.30. The molecule has 0 heterocycles. The van der Waals surface area contributed by atoms with Crippen LogP contribution in [0.25, 0.3) is 0 Å². The van der Waals surface area contributed by atoms with Crippen molar-refractivity contribution >= 4 is 23.5 Å². The van der Waals surface area contributed by atoms with E-state index in [2.05, 4.69) is 4.74 Å². The lowest BCUT2D eigenvalue weighted by Crippen LogP contribution is -2.36. The van der Waals surface area contributed by atoms with E-state index >= 15 is 0 Å². The molecular weight excluding hydrogens is 282 g/mol. The number of nitrogens with zero attached hydrogens (tertiary/aromatic N) is 1. The Bertz CT molecular complexity index is 447. The average molecular weight is 300 g/mol. The summed E-state index contributed by atoms with van der Waals surface area (Å²) in [5, 5.41) is 0.608. The van der Waals surface area contributed by atoms with E-state index in [1.54, 1.807) is 29.2 Å². The van der Waals surface area contributed by atoms with Gasteiger partial charge in [-0.3, -0.25) is 9.59 Å². The first-order valence-electron chi connectivity index (χ1n) is 6.29. The molecule has 1 aromatic carbocycles. The molecule has 0 saturated carbocycles. The van der Waals surface area contributed by atoms with Crippen LogP contribution in [0.15, 0.2) is 24.3 Å². The number of likely N-dealkylation sites (N-methyl/N-ethyl adjacent to an activating group) is 1. The molecule has 0 aromatic heterocycles. The van der Waals surface area contributed by atoms with E-state index < -0.39 is 0 Å². The average Bonchev–Trinajstić information content (AvgIpc) is 2.47. The lowest BCUT2D eigenvalue weighted by molar-refractivity contribution is -0.142. The first-order valence-corrected chi connectivity index (χ1v) is 6.67. The molecule has 6 heteroatoms. The molecule has 1 amide bonds. The van der Waals surface area contributed by atoms with Crippen LogP contribution in [0.5, 0.6) is 5.75 Å². The topological polar surface area (TPSA) is 55.8 Å². The third-order valence-electron chi connectivity index (χ3n) is 2.72. The number of esters is 1. The second kappa shape index (κ2) is 8.43. The van der Waals surface area contributed by atoms with Crippen molar-refractivity contribution in [2.24, 2.45) is 0 Å². The van der Waals surface area contributed by atoms with E-state index in [4.69, 9.17) is 16.3 Å². The zero-order valence-electron chi connectivity index (χ0n) is 11.6. The van der Waals surface area contributed by atoms with Crippen molar-refractivity contribution < 1.29 is 19.1 Å². The van der Waals surface area contributed by atoms with Gasteiger partial charge in [0, 0.05) is 18.1 Å². The Morgan fingerprint density at radius 1 is 1.25 bits per heavy atom. The van der Waals surface area contributed by atoms with Crippen LogP contribution in [0.2, 0.25) is 5.02 Å². The first-order chi connectivity index (χ1) is 9.56. The number of carbonyl (C=O) groups excluding carboxylic acids is 2. The summed E-state index contributed by atoms with van der Waals surface area (Å²) in [7, 11) is 1.32. The molecule has 0 N–H and O–H groups in total. The maximum absolute atomic E-state index is 11.9. The Morgan fingerprint density at radius 3 is 2.45 bits per heavy atom. The molecule has 0 aliphatic rings. The lowest BCUT2D eigenvalue weighted by atomic mass is 10.3. The maximum atomic E-state index is 11.9. The van der Waals surface area contributed by atoms with Crippen LogP contribution >= 0.6 is 11.6 Å². The van der Waals surface area contributed by atoms with Gasteiger partial charge in [0.1, 0.15) is 5.75 Å². The van der Waals surface area contributed by atoms with Gasteiger partial charge in [-0.15, -0.1) is 0 Å². The molecule has 0 atom stereocenters. The monoisotopic (exact) mass is 299 g/mol. The van der Waals surface area contributed by atoms with Gasteiger partial charge in [-0.05, 0) is 31.2 Å². The Morgan fingerprint density at radius 2 is 1.90 bits per heavy atom. The third kappa shape index (κ3) is 5.48. The van der Waals surface area contributed by atoms with Gasteiger partial charge in [-0.25, -0.2) is 0 Å². The molecule has 20 heavy (non-hydrogen) atoms. The van der Waals surface area contributed by atoms with Crippen LogP contribution in [-0.4, -0.2) is 43.6 Å². The molecule has 1 rings (SSSR count). The van der Waals surface area contributed by atoms with Crippen molar-refractivity contribution in [3.8, 4) is 5.75 Å². The first kappa shape index (κ1) is 16.3. The van der Waals surface area contributed by atoms with Crippen molar-refractivity contribution in [1.29, 1.82) is 0 Å². The Hall–Kier alpha value is -1.75. The molecule has 0 aliphatic heterocycles. The fourth-order valence-corrected chi connectivity index (χ4v) is 1.68. The van der Waals surface area contributed by atoms with Gasteiger partial charge in [0.25, 0.3) is 5.91 Å². The van der Waals surface area contributed by atoms with Crippen LogP contribution < -0.4 is 4.74 Å². The van der Waals surface area contributed by atoms with Crippen LogP contribution in [0, 0.1) is 0 Å². The van der Waals surface area contributed by atoms with Gasteiger partial charge in [-0.1, -0.05) is 11.6 Å². The summed E-state index contributed by atoms with van der Waals surface area (Å²) in [4.78, 5) is 24.5. The van der Waals surface area contributed by atoms with E-state index in [1.807, 2.05) is 6.92 Å². The van der Waals surface area contributed by atoms with E-state index in [0.29, 0.717) is 23.9 Å². The normalized spacial score (nSPS) is 9.95. The summed E-state index contributed by atoms with van der Waals surface area (Å²) in [5.74, 6) is 0.0630. The second-order valence-electron chi connectivity index (χ2n) is 4.04. The SMILES string of the molecule is CCN(CCC(=O)OC)C(=O)COc1ccc(Cl)cc1. The van der Waals surface area contributed by atoms with Gasteiger partial charge in [0.05, 0.1) is 13.5 Å². The number of methoxy groups -OCH3 is 1. The molecule has 0 saturated heterocycles. The van der Waals surface area contributed by atoms with Gasteiger partial charge in [-0.2, -0.15) is 0 Å². The molecular formula is C14H18ClNO4. The maximum Gasteiger partial charge on any atom is 0.307 e. The Labute approximate surface area is 123 Å². The summed E-state index contributed by atoms with van der Waals surface area (Å²) in [5.41, 5.74) is 0. The highest BCUT2D eigenvalue weighted by atomic mass is 35.5. The number of amides is 1. The second-order valence-corrected chi connectivity index (χ2v) is 4.48. The summed E-state index contributed by atoms with van der Waals surface area (Å²) < 4.78 is 9.92. The van der Waals surface area contributed by atoms with E-state index in [9.17, 15) is 9.59 Å². The fraction of sp³-hybridized carbons (Fsp3) is 0.429. The summed E-state index contributed by atoms with van der Waals surface area (Å²) in [6.45, 7) is 2.61. The molecule has 0 spiro atoms. The minimum absolute atomic E-state index is 0.0728. The molecule has 0 fully saturated rings.